The molecule has 20 heavy (non-hydrogen) atoms. The van der Waals surface area contributed by atoms with Crippen molar-refractivity contribution in [1.29, 1.82) is 0 Å². The first-order valence-electron chi connectivity index (χ1n) is 7.82. The largest absolute Gasteiger partial charge is 0.382 e. The molecule has 1 amide bonds. The van der Waals surface area contributed by atoms with E-state index in [1.54, 1.807) is 6.92 Å². The molecule has 3 rings (SSSR count). The second kappa shape index (κ2) is 5.47. The fourth-order valence-electron chi connectivity index (χ4n) is 3.87. The smallest absolute Gasteiger partial charge is 0.221 e. The van der Waals surface area contributed by atoms with Crippen LogP contribution in [0.4, 0.5) is 11.4 Å². The van der Waals surface area contributed by atoms with E-state index in [1.807, 2.05) is 18.2 Å². The molecule has 1 atom stereocenters. The number of amides is 1. The van der Waals surface area contributed by atoms with Crippen LogP contribution < -0.4 is 10.6 Å². The summed E-state index contributed by atoms with van der Waals surface area (Å²) < 4.78 is 0. The summed E-state index contributed by atoms with van der Waals surface area (Å²) in [5, 5.41) is 6.55. The third-order valence-corrected chi connectivity index (χ3v) is 5.04. The molecule has 1 spiro atoms. The van der Waals surface area contributed by atoms with E-state index in [0.717, 1.165) is 11.4 Å². The van der Waals surface area contributed by atoms with E-state index in [9.17, 15) is 4.79 Å². The molecule has 2 fully saturated rings. The number of hydrogen-bond donors (Lipinski definition) is 2. The van der Waals surface area contributed by atoms with Gasteiger partial charge < -0.3 is 10.6 Å². The number of hydrogen-bond acceptors (Lipinski definition) is 2. The van der Waals surface area contributed by atoms with Crippen LogP contribution in [0.25, 0.3) is 0 Å². The SMILES string of the molecule is CC(=O)Nc1cccc(NC2CCC23CCCCC3)c1. The minimum absolute atomic E-state index is 0.0189. The van der Waals surface area contributed by atoms with Gasteiger partial charge in [0.2, 0.25) is 5.91 Å². The molecule has 1 aromatic carbocycles. The lowest BCUT2D eigenvalue weighted by molar-refractivity contribution is -0.114. The molecule has 3 nitrogen and oxygen atoms in total. The average Bonchev–Trinajstić information content (AvgIpc) is 2.44. The Morgan fingerprint density at radius 1 is 1.15 bits per heavy atom. The van der Waals surface area contributed by atoms with Crippen LogP contribution >= 0.6 is 0 Å². The normalized spacial score (nSPS) is 23.9. The lowest BCUT2D eigenvalue weighted by Gasteiger charge is -2.52. The van der Waals surface area contributed by atoms with Crippen molar-refractivity contribution >= 4 is 17.3 Å². The number of carbonyl (C=O) groups is 1. The van der Waals surface area contributed by atoms with Gasteiger partial charge in [0, 0.05) is 24.3 Å². The first kappa shape index (κ1) is 13.5. The molecule has 2 aliphatic carbocycles. The maximum atomic E-state index is 11.1. The number of carbonyl (C=O) groups excluding carboxylic acids is 1. The van der Waals surface area contributed by atoms with Gasteiger partial charge in [0.05, 0.1) is 0 Å². The highest BCUT2D eigenvalue weighted by Crippen LogP contribution is 2.52. The summed E-state index contributed by atoms with van der Waals surface area (Å²) in [4.78, 5) is 11.1. The molecule has 0 saturated heterocycles. The highest BCUT2D eigenvalue weighted by atomic mass is 16.1. The van der Waals surface area contributed by atoms with E-state index < -0.39 is 0 Å². The van der Waals surface area contributed by atoms with Crippen LogP contribution in [0.15, 0.2) is 24.3 Å². The molecule has 3 heteroatoms. The summed E-state index contributed by atoms with van der Waals surface area (Å²) in [5.74, 6) is -0.0189. The van der Waals surface area contributed by atoms with Gasteiger partial charge in [0.15, 0.2) is 0 Å². The zero-order valence-electron chi connectivity index (χ0n) is 12.2. The van der Waals surface area contributed by atoms with Crippen LogP contribution in [0.2, 0.25) is 0 Å². The van der Waals surface area contributed by atoms with Crippen molar-refractivity contribution in [2.45, 2.75) is 57.9 Å². The molecule has 2 N–H and O–H groups in total. The Morgan fingerprint density at radius 2 is 1.90 bits per heavy atom. The van der Waals surface area contributed by atoms with Gasteiger partial charge in [-0.05, 0) is 49.3 Å². The van der Waals surface area contributed by atoms with Gasteiger partial charge in [-0.25, -0.2) is 0 Å². The Morgan fingerprint density at radius 3 is 2.55 bits per heavy atom. The fourth-order valence-corrected chi connectivity index (χ4v) is 3.87. The zero-order valence-corrected chi connectivity index (χ0v) is 12.2. The van der Waals surface area contributed by atoms with Crippen molar-refractivity contribution in [3.63, 3.8) is 0 Å². The first-order chi connectivity index (χ1) is 9.68. The second-order valence-electron chi connectivity index (χ2n) is 6.42. The number of benzene rings is 1. The Balaban J connectivity index is 1.67. The summed E-state index contributed by atoms with van der Waals surface area (Å²) in [7, 11) is 0. The molecule has 108 valence electrons. The summed E-state index contributed by atoms with van der Waals surface area (Å²) >= 11 is 0. The molecule has 2 saturated carbocycles. The van der Waals surface area contributed by atoms with Gasteiger partial charge in [-0.2, -0.15) is 0 Å². The quantitative estimate of drug-likeness (QED) is 0.867. The lowest BCUT2D eigenvalue weighted by Crippen LogP contribution is -2.50. The van der Waals surface area contributed by atoms with Gasteiger partial charge in [0.25, 0.3) is 0 Å². The fraction of sp³-hybridized carbons (Fsp3) is 0.588. The van der Waals surface area contributed by atoms with Crippen LogP contribution in [-0.4, -0.2) is 11.9 Å². The molecular weight excluding hydrogens is 248 g/mol. The van der Waals surface area contributed by atoms with Crippen molar-refractivity contribution in [2.75, 3.05) is 10.6 Å². The van der Waals surface area contributed by atoms with Crippen molar-refractivity contribution in [1.82, 2.24) is 0 Å². The topological polar surface area (TPSA) is 41.1 Å². The van der Waals surface area contributed by atoms with Crippen LogP contribution in [0, 0.1) is 5.41 Å². The summed E-state index contributed by atoms with van der Waals surface area (Å²) in [6.45, 7) is 1.54. The highest BCUT2D eigenvalue weighted by Gasteiger charge is 2.46. The molecule has 0 radical (unpaired) electrons. The monoisotopic (exact) mass is 272 g/mol. The van der Waals surface area contributed by atoms with E-state index in [-0.39, 0.29) is 5.91 Å². The number of nitrogens with one attached hydrogen (secondary N) is 2. The average molecular weight is 272 g/mol. The first-order valence-corrected chi connectivity index (χ1v) is 7.82. The molecule has 2 aliphatic rings. The molecule has 1 aromatic rings. The molecule has 0 bridgehead atoms. The Kier molecular flexibility index (Phi) is 3.68. The van der Waals surface area contributed by atoms with Crippen LogP contribution in [0.1, 0.15) is 51.9 Å². The lowest BCUT2D eigenvalue weighted by atomic mass is 9.57. The summed E-state index contributed by atoms with van der Waals surface area (Å²) in [6.07, 6.45) is 9.63. The van der Waals surface area contributed by atoms with Gasteiger partial charge in [-0.3, -0.25) is 4.79 Å². The van der Waals surface area contributed by atoms with Crippen molar-refractivity contribution in [3.8, 4) is 0 Å². The van der Waals surface area contributed by atoms with Crippen LogP contribution in [0.5, 0.6) is 0 Å². The Bertz CT molecular complexity index is 492. The van der Waals surface area contributed by atoms with Crippen LogP contribution in [-0.2, 0) is 4.79 Å². The standard InChI is InChI=1S/C17H24N2O/c1-13(20)18-14-6-5-7-15(12-14)19-16-8-11-17(16)9-3-2-4-10-17/h5-7,12,16,19H,2-4,8-11H2,1H3,(H,18,20). The molecule has 0 aliphatic heterocycles. The summed E-state index contributed by atoms with van der Waals surface area (Å²) in [6, 6.07) is 8.69. The van der Waals surface area contributed by atoms with Crippen molar-refractivity contribution < 1.29 is 4.79 Å². The van der Waals surface area contributed by atoms with E-state index >= 15 is 0 Å². The third kappa shape index (κ3) is 2.67. The highest BCUT2D eigenvalue weighted by molar-refractivity contribution is 5.89. The van der Waals surface area contributed by atoms with E-state index in [2.05, 4.69) is 16.7 Å². The Hall–Kier alpha value is -1.51. The van der Waals surface area contributed by atoms with Crippen molar-refractivity contribution in [2.24, 2.45) is 5.41 Å². The van der Waals surface area contributed by atoms with Gasteiger partial charge >= 0.3 is 0 Å². The molecule has 0 aromatic heterocycles. The zero-order chi connectivity index (χ0) is 14.0. The van der Waals surface area contributed by atoms with E-state index in [1.165, 1.54) is 44.9 Å². The maximum absolute atomic E-state index is 11.1. The van der Waals surface area contributed by atoms with Crippen LogP contribution in [0.3, 0.4) is 0 Å². The molecular formula is C17H24N2O. The third-order valence-electron chi connectivity index (χ3n) is 5.04. The van der Waals surface area contributed by atoms with E-state index in [0.29, 0.717) is 11.5 Å². The minimum atomic E-state index is -0.0189. The number of anilines is 2. The molecule has 1 unspecified atom stereocenters. The number of rotatable bonds is 3. The van der Waals surface area contributed by atoms with Gasteiger partial charge in [0.1, 0.15) is 0 Å². The maximum Gasteiger partial charge on any atom is 0.221 e. The predicted molar refractivity (Wildman–Crippen MR) is 82.9 cm³/mol. The van der Waals surface area contributed by atoms with Gasteiger partial charge in [-0.1, -0.05) is 25.3 Å². The van der Waals surface area contributed by atoms with Gasteiger partial charge in [-0.15, -0.1) is 0 Å². The minimum Gasteiger partial charge on any atom is -0.382 e. The molecule has 0 heterocycles. The Labute approximate surface area is 121 Å². The second-order valence-corrected chi connectivity index (χ2v) is 6.42. The predicted octanol–water partition coefficient (Wildman–Crippen LogP) is 4.17. The van der Waals surface area contributed by atoms with Crippen molar-refractivity contribution in [3.05, 3.63) is 24.3 Å². The summed E-state index contributed by atoms with van der Waals surface area (Å²) in [5.41, 5.74) is 2.56. The van der Waals surface area contributed by atoms with E-state index in [4.69, 9.17) is 0 Å².